The van der Waals surface area contributed by atoms with Gasteiger partial charge in [0, 0.05) is 93.7 Å². The van der Waals surface area contributed by atoms with Crippen molar-refractivity contribution in [3.8, 4) is 16.9 Å². The molecule has 22 heteroatoms. The van der Waals surface area contributed by atoms with E-state index in [1.54, 1.807) is 55.8 Å². The van der Waals surface area contributed by atoms with E-state index < -0.39 is 36.8 Å². The number of nitrogens with zero attached hydrogens (tertiary/aromatic N) is 9. The number of piperazine rings is 1. The molecular formula is C46H47BrN13O7P. The highest BCUT2D eigenvalue weighted by Gasteiger charge is 2.45. The minimum Gasteiger partial charge on any atom is -0.494 e. The number of carbonyl (C=O) groups is 5. The topological polar surface area (TPSA) is 239 Å². The van der Waals surface area contributed by atoms with Crippen LogP contribution in [-0.4, -0.2) is 128 Å². The molecule has 0 radical (unpaired) electrons. The van der Waals surface area contributed by atoms with E-state index in [1.165, 1.54) is 6.07 Å². The van der Waals surface area contributed by atoms with Crippen LogP contribution in [0.15, 0.2) is 77.9 Å². The number of aromatic nitrogens is 6. The summed E-state index contributed by atoms with van der Waals surface area (Å²) < 4.78 is 21.9. The summed E-state index contributed by atoms with van der Waals surface area (Å²) in [7, 11) is 0.637. The minimum absolute atomic E-state index is 0.0117. The Labute approximate surface area is 398 Å². The van der Waals surface area contributed by atoms with Gasteiger partial charge in [-0.1, -0.05) is 6.07 Å². The van der Waals surface area contributed by atoms with Crippen molar-refractivity contribution in [2.45, 2.75) is 31.7 Å². The van der Waals surface area contributed by atoms with Gasteiger partial charge in [-0.2, -0.15) is 10.1 Å². The molecule has 0 bridgehead atoms. The van der Waals surface area contributed by atoms with Gasteiger partial charge in [0.05, 0.1) is 56.8 Å². The van der Waals surface area contributed by atoms with Crippen molar-refractivity contribution in [2.75, 3.05) is 74.0 Å². The van der Waals surface area contributed by atoms with Crippen LogP contribution in [0.3, 0.4) is 0 Å². The molecule has 0 saturated carbocycles. The lowest BCUT2D eigenvalue weighted by molar-refractivity contribution is -0.136. The Morgan fingerprint density at radius 2 is 1.72 bits per heavy atom. The minimum atomic E-state index is -2.83. The number of aryl methyl sites for hydroxylation is 1. The smallest absolute Gasteiger partial charge is 0.264 e. The third-order valence-corrected chi connectivity index (χ3v) is 14.2. The number of nitrogens with one attached hydrogen (secondary N) is 4. The molecule has 3 aromatic carbocycles. The first-order chi connectivity index (χ1) is 32.7. The SMILES string of the molecule is COc1cc(N2CCN(CCCC(=O)Nc3cccc4c3C(=O)N(C3CCC(=O)NC3=O)C4=O)CC2)c(-c2cnn(C)c2)cc1Nc1ncc(Br)c(Nc2ccc3nccnc3c2P(C)(C)=O)n1. The fourth-order valence-corrected chi connectivity index (χ4v) is 10.5. The fourth-order valence-electron chi connectivity index (χ4n) is 8.83. The van der Waals surface area contributed by atoms with Gasteiger partial charge in [0.1, 0.15) is 30.3 Å². The van der Waals surface area contributed by atoms with Crippen molar-refractivity contribution in [2.24, 2.45) is 7.05 Å². The number of hydrogen-bond donors (Lipinski definition) is 4. The number of amides is 5. The van der Waals surface area contributed by atoms with Gasteiger partial charge in [0.15, 0.2) is 0 Å². The maximum absolute atomic E-state index is 13.6. The Kier molecular flexibility index (Phi) is 12.8. The van der Waals surface area contributed by atoms with Gasteiger partial charge < -0.3 is 30.2 Å². The molecule has 5 amide bonds. The van der Waals surface area contributed by atoms with Crippen LogP contribution in [0.25, 0.3) is 22.2 Å². The molecule has 3 aliphatic rings. The average Bonchev–Trinajstić information content (AvgIpc) is 3.86. The lowest BCUT2D eigenvalue weighted by Crippen LogP contribution is -2.54. The molecule has 2 fully saturated rings. The number of piperidine rings is 1. The standard InChI is InChI=1S/C46H47BrN13O7P/c1-57-25-26(23-51-57)28-21-33(54-46-50-24-29(47)42(56-46)53-32-11-10-31-40(49-15-14-48-31)41(32)68(3,4)66)36(67-2)22-35(28)59-19-17-58(18-20-59)16-6-9-37(61)52-30-8-5-7-27-39(30)45(65)60(44(27)64)34-12-13-38(62)55-43(34)63/h5,7-8,10-11,14-15,21-25,34H,6,9,12-13,16-20H2,1-4H3,(H,52,61)(H,55,62,63)(H2,50,53,54,56). The highest BCUT2D eigenvalue weighted by Crippen LogP contribution is 2.43. The van der Waals surface area contributed by atoms with E-state index in [9.17, 15) is 28.5 Å². The molecule has 3 aliphatic heterocycles. The number of benzene rings is 3. The molecule has 6 aromatic rings. The lowest BCUT2D eigenvalue weighted by Gasteiger charge is -2.37. The maximum atomic E-state index is 13.6. The van der Waals surface area contributed by atoms with Crippen molar-refractivity contribution in [3.63, 3.8) is 0 Å². The zero-order valence-corrected chi connectivity index (χ0v) is 40.1. The second-order valence-electron chi connectivity index (χ2n) is 17.0. The highest BCUT2D eigenvalue weighted by molar-refractivity contribution is 9.10. The van der Waals surface area contributed by atoms with Gasteiger partial charge in [-0.05, 0) is 79.0 Å². The molecule has 3 aromatic heterocycles. The molecule has 20 nitrogen and oxygen atoms in total. The first-order valence-electron chi connectivity index (χ1n) is 21.9. The Morgan fingerprint density at radius 1 is 0.926 bits per heavy atom. The lowest BCUT2D eigenvalue weighted by atomic mass is 10.0. The van der Waals surface area contributed by atoms with Crippen LogP contribution in [0.4, 0.5) is 34.5 Å². The van der Waals surface area contributed by atoms with E-state index >= 15 is 0 Å². The molecule has 4 N–H and O–H groups in total. The molecule has 68 heavy (non-hydrogen) atoms. The first kappa shape index (κ1) is 46.0. The van der Waals surface area contributed by atoms with E-state index in [2.05, 4.69) is 67.0 Å². The number of anilines is 6. The normalized spacial score (nSPS) is 16.5. The van der Waals surface area contributed by atoms with Crippen LogP contribution in [0, 0.1) is 0 Å². The van der Waals surface area contributed by atoms with Gasteiger partial charge in [-0.3, -0.25) is 53.7 Å². The molecule has 1 atom stereocenters. The Bertz CT molecular complexity index is 3080. The summed E-state index contributed by atoms with van der Waals surface area (Å²) in [4.78, 5) is 87.9. The van der Waals surface area contributed by atoms with Gasteiger partial charge in [-0.15, -0.1) is 0 Å². The van der Waals surface area contributed by atoms with E-state index in [-0.39, 0.29) is 47.9 Å². The first-order valence-corrected chi connectivity index (χ1v) is 25.2. The number of fused-ring (bicyclic) bond motifs is 2. The van der Waals surface area contributed by atoms with Crippen molar-refractivity contribution in [1.82, 2.24) is 44.8 Å². The highest BCUT2D eigenvalue weighted by atomic mass is 79.9. The summed E-state index contributed by atoms with van der Waals surface area (Å²) in [5.74, 6) is -1.49. The van der Waals surface area contributed by atoms with Crippen molar-refractivity contribution >= 4 is 103 Å². The summed E-state index contributed by atoms with van der Waals surface area (Å²) in [6.07, 6.45) is 9.36. The van der Waals surface area contributed by atoms with E-state index in [4.69, 9.17) is 9.72 Å². The van der Waals surface area contributed by atoms with Crippen LogP contribution in [-0.2, 0) is 26.0 Å². The number of halogens is 1. The number of imide groups is 2. The largest absolute Gasteiger partial charge is 0.494 e. The molecular weight excluding hydrogens is 957 g/mol. The molecule has 2 saturated heterocycles. The number of carbonyl (C=O) groups excluding carboxylic acids is 5. The molecule has 9 rings (SSSR count). The number of hydrogen-bond acceptors (Lipinski definition) is 16. The quantitative estimate of drug-likeness (QED) is 0.0803. The molecule has 6 heterocycles. The van der Waals surface area contributed by atoms with Crippen molar-refractivity contribution in [3.05, 3.63) is 89.0 Å². The van der Waals surface area contributed by atoms with Gasteiger partial charge in [0.2, 0.25) is 23.7 Å². The summed E-state index contributed by atoms with van der Waals surface area (Å²) in [6.45, 7) is 6.91. The second kappa shape index (κ2) is 18.9. The van der Waals surface area contributed by atoms with Crippen LogP contribution in [0.1, 0.15) is 46.4 Å². The van der Waals surface area contributed by atoms with Gasteiger partial charge in [-0.25, -0.2) is 4.98 Å². The zero-order chi connectivity index (χ0) is 47.9. The van der Waals surface area contributed by atoms with Crippen LogP contribution < -0.4 is 36.2 Å². The summed E-state index contributed by atoms with van der Waals surface area (Å²) in [6, 6.07) is 11.2. The third kappa shape index (κ3) is 9.28. The van der Waals surface area contributed by atoms with Crippen molar-refractivity contribution < 1.29 is 33.3 Å². The molecule has 1 unspecified atom stereocenters. The number of ether oxygens (including phenoxy) is 1. The van der Waals surface area contributed by atoms with E-state index in [0.29, 0.717) is 69.8 Å². The second-order valence-corrected chi connectivity index (χ2v) is 21.0. The molecule has 0 spiro atoms. The number of methoxy groups -OCH3 is 1. The predicted octanol–water partition coefficient (Wildman–Crippen LogP) is 5.27. The molecule has 350 valence electrons. The zero-order valence-electron chi connectivity index (χ0n) is 37.6. The summed E-state index contributed by atoms with van der Waals surface area (Å²) in [5, 5.41) is 16.7. The maximum Gasteiger partial charge on any atom is 0.264 e. The fraction of sp³-hybridized carbons (Fsp3) is 0.304. The molecule has 0 aliphatic carbocycles. The third-order valence-electron chi connectivity index (χ3n) is 12.1. The van der Waals surface area contributed by atoms with Crippen molar-refractivity contribution in [1.29, 1.82) is 0 Å². The van der Waals surface area contributed by atoms with E-state index in [0.717, 1.165) is 34.8 Å². The van der Waals surface area contributed by atoms with Gasteiger partial charge >= 0.3 is 0 Å². The Balaban J connectivity index is 0.858. The van der Waals surface area contributed by atoms with Crippen LogP contribution in [0.2, 0.25) is 0 Å². The van der Waals surface area contributed by atoms with E-state index in [1.807, 2.05) is 43.7 Å². The van der Waals surface area contributed by atoms with Gasteiger partial charge in [0.25, 0.3) is 11.8 Å². The Hall–Kier alpha value is -7.09. The average molecular weight is 1000 g/mol. The number of rotatable bonds is 14. The summed E-state index contributed by atoms with van der Waals surface area (Å²) in [5.41, 5.74) is 5.52. The summed E-state index contributed by atoms with van der Waals surface area (Å²) >= 11 is 3.58. The predicted molar refractivity (Wildman–Crippen MR) is 260 cm³/mol. The van der Waals surface area contributed by atoms with Crippen LogP contribution >= 0.6 is 23.1 Å². The monoisotopic (exact) mass is 1000 g/mol. The Morgan fingerprint density at radius 3 is 2.46 bits per heavy atom. The van der Waals surface area contributed by atoms with Crippen LogP contribution in [0.5, 0.6) is 5.75 Å².